The van der Waals surface area contributed by atoms with E-state index < -0.39 is 6.04 Å². The molecule has 1 aliphatic carbocycles. The maximum atomic E-state index is 13.3. The summed E-state index contributed by atoms with van der Waals surface area (Å²) in [6.07, 6.45) is 4.47. The normalized spacial score (nSPS) is 24.9. The standard InChI is InChI=1S/C26H34N4O4S/c1-26(2,3)29-16-8-9-20(17(15-16)25(33)34-4)30-14-12-19(24(30)32)28-23(31)22-11-10-21(35-22)18-7-5-6-13-27-18/h5-7,10-11,13,16-17,19-20,29H,8-9,12,14-15H2,1-4H3,(H,28,31)/t16-,17-,19?,20+/m1/s1. The van der Waals surface area contributed by atoms with Crippen LogP contribution in [-0.4, -0.2) is 65.0 Å². The van der Waals surface area contributed by atoms with Crippen molar-refractivity contribution in [1.29, 1.82) is 0 Å². The van der Waals surface area contributed by atoms with E-state index in [-0.39, 0.29) is 41.3 Å². The molecule has 188 valence electrons. The molecule has 1 aliphatic heterocycles. The van der Waals surface area contributed by atoms with Gasteiger partial charge in [0.2, 0.25) is 5.91 Å². The molecule has 8 nitrogen and oxygen atoms in total. The zero-order chi connectivity index (χ0) is 25.2. The Morgan fingerprint density at radius 2 is 1.94 bits per heavy atom. The molecule has 2 aromatic heterocycles. The smallest absolute Gasteiger partial charge is 0.310 e. The number of esters is 1. The van der Waals surface area contributed by atoms with Crippen molar-refractivity contribution in [2.24, 2.45) is 5.92 Å². The highest BCUT2D eigenvalue weighted by Crippen LogP contribution is 2.33. The molecule has 0 bridgehead atoms. The summed E-state index contributed by atoms with van der Waals surface area (Å²) in [4.78, 5) is 46.4. The van der Waals surface area contributed by atoms with E-state index >= 15 is 0 Å². The molecule has 0 radical (unpaired) electrons. The molecule has 3 heterocycles. The average Bonchev–Trinajstić information content (AvgIpc) is 3.46. The lowest BCUT2D eigenvalue weighted by atomic mass is 9.80. The van der Waals surface area contributed by atoms with Crippen LogP contribution in [-0.2, 0) is 14.3 Å². The molecule has 1 saturated heterocycles. The van der Waals surface area contributed by atoms with Crippen LogP contribution in [0.5, 0.6) is 0 Å². The summed E-state index contributed by atoms with van der Waals surface area (Å²) in [7, 11) is 1.40. The van der Waals surface area contributed by atoms with Gasteiger partial charge in [0.25, 0.3) is 5.91 Å². The summed E-state index contributed by atoms with van der Waals surface area (Å²) in [5.41, 5.74) is 0.750. The van der Waals surface area contributed by atoms with E-state index in [9.17, 15) is 14.4 Å². The van der Waals surface area contributed by atoms with Crippen molar-refractivity contribution in [2.75, 3.05) is 13.7 Å². The number of ether oxygens (including phenoxy) is 1. The molecule has 2 fully saturated rings. The molecule has 0 aromatic carbocycles. The Bertz CT molecular complexity index is 1060. The van der Waals surface area contributed by atoms with Crippen LogP contribution >= 0.6 is 11.3 Å². The van der Waals surface area contributed by atoms with Crippen LogP contribution in [0.2, 0.25) is 0 Å². The van der Waals surface area contributed by atoms with Gasteiger partial charge in [-0.25, -0.2) is 0 Å². The quantitative estimate of drug-likeness (QED) is 0.593. The van der Waals surface area contributed by atoms with Gasteiger partial charge in [-0.2, -0.15) is 0 Å². The van der Waals surface area contributed by atoms with Gasteiger partial charge in [0.05, 0.1) is 28.5 Å². The first-order valence-electron chi connectivity index (χ1n) is 12.1. The number of nitrogens with one attached hydrogen (secondary N) is 2. The number of thiophene rings is 1. The number of aromatic nitrogens is 1. The minimum atomic E-state index is -0.591. The molecule has 35 heavy (non-hydrogen) atoms. The van der Waals surface area contributed by atoms with Crippen molar-refractivity contribution >= 4 is 29.1 Å². The van der Waals surface area contributed by atoms with Crippen LogP contribution in [0.1, 0.15) is 56.1 Å². The van der Waals surface area contributed by atoms with Gasteiger partial charge in [0.1, 0.15) is 6.04 Å². The van der Waals surface area contributed by atoms with Crippen molar-refractivity contribution in [3.05, 3.63) is 41.4 Å². The molecule has 4 atom stereocenters. The Morgan fingerprint density at radius 3 is 2.63 bits per heavy atom. The SMILES string of the molecule is COC(=O)[C@@H]1C[C@H](NC(C)(C)C)CC[C@@H]1N1CCC(NC(=O)c2ccc(-c3ccccn3)s2)C1=O. The molecule has 0 spiro atoms. The van der Waals surface area contributed by atoms with Crippen molar-refractivity contribution < 1.29 is 19.1 Å². The molecule has 4 rings (SSSR count). The molecule has 1 unspecified atom stereocenters. The number of hydrogen-bond acceptors (Lipinski definition) is 7. The average molecular weight is 499 g/mol. The van der Waals surface area contributed by atoms with Crippen LogP contribution < -0.4 is 10.6 Å². The fourth-order valence-corrected chi connectivity index (χ4v) is 6.06. The largest absolute Gasteiger partial charge is 0.469 e. The van der Waals surface area contributed by atoms with E-state index in [1.54, 1.807) is 17.2 Å². The third-order valence-electron chi connectivity index (χ3n) is 6.65. The number of rotatable bonds is 6. The molecular formula is C26H34N4O4S. The van der Waals surface area contributed by atoms with E-state index in [1.807, 2.05) is 24.3 Å². The van der Waals surface area contributed by atoms with E-state index in [4.69, 9.17) is 4.74 Å². The van der Waals surface area contributed by atoms with Gasteiger partial charge in [0.15, 0.2) is 0 Å². The topological polar surface area (TPSA) is 101 Å². The third-order valence-corrected chi connectivity index (χ3v) is 7.75. The summed E-state index contributed by atoms with van der Waals surface area (Å²) in [6, 6.07) is 8.67. The predicted octanol–water partition coefficient (Wildman–Crippen LogP) is 3.24. The van der Waals surface area contributed by atoms with Gasteiger partial charge in [0, 0.05) is 30.4 Å². The Labute approximate surface area is 210 Å². The minimum Gasteiger partial charge on any atom is -0.469 e. The van der Waals surface area contributed by atoms with Crippen LogP contribution in [0.3, 0.4) is 0 Å². The second-order valence-corrected chi connectivity index (χ2v) is 11.4. The highest BCUT2D eigenvalue weighted by atomic mass is 32.1. The Balaban J connectivity index is 1.41. The van der Waals surface area contributed by atoms with Gasteiger partial charge in [-0.3, -0.25) is 19.4 Å². The molecule has 2 aromatic rings. The van der Waals surface area contributed by atoms with Crippen molar-refractivity contribution in [3.63, 3.8) is 0 Å². The van der Waals surface area contributed by atoms with E-state index in [2.05, 4.69) is 36.4 Å². The Kier molecular flexibility index (Phi) is 7.56. The van der Waals surface area contributed by atoms with Gasteiger partial charge in [-0.1, -0.05) is 6.07 Å². The summed E-state index contributed by atoms with van der Waals surface area (Å²) in [5, 5.41) is 6.49. The number of likely N-dealkylation sites (tertiary alicyclic amines) is 1. The summed E-state index contributed by atoms with van der Waals surface area (Å²) in [6.45, 7) is 6.84. The number of amides is 2. The van der Waals surface area contributed by atoms with Crippen LogP contribution in [0.15, 0.2) is 36.5 Å². The van der Waals surface area contributed by atoms with Crippen molar-refractivity contribution in [3.8, 4) is 10.6 Å². The fraction of sp³-hybridized carbons (Fsp3) is 0.538. The zero-order valence-corrected chi connectivity index (χ0v) is 21.6. The van der Waals surface area contributed by atoms with Gasteiger partial charge in [-0.15, -0.1) is 11.3 Å². The molecular weight excluding hydrogens is 464 g/mol. The minimum absolute atomic E-state index is 0.0603. The van der Waals surface area contributed by atoms with Gasteiger partial charge >= 0.3 is 5.97 Å². The van der Waals surface area contributed by atoms with Crippen LogP contribution in [0, 0.1) is 5.92 Å². The van der Waals surface area contributed by atoms with Crippen molar-refractivity contribution in [1.82, 2.24) is 20.5 Å². The first-order valence-corrected chi connectivity index (χ1v) is 13.0. The van der Waals surface area contributed by atoms with E-state index in [0.717, 1.165) is 23.4 Å². The van der Waals surface area contributed by atoms with Crippen molar-refractivity contribution in [2.45, 2.75) is 70.1 Å². The summed E-state index contributed by atoms with van der Waals surface area (Å²) >= 11 is 1.35. The lowest BCUT2D eigenvalue weighted by Gasteiger charge is -2.41. The van der Waals surface area contributed by atoms with Crippen LogP contribution in [0.25, 0.3) is 10.6 Å². The molecule has 2 aliphatic rings. The first-order chi connectivity index (χ1) is 16.7. The lowest BCUT2D eigenvalue weighted by molar-refractivity contribution is -0.151. The Hall–Kier alpha value is -2.78. The summed E-state index contributed by atoms with van der Waals surface area (Å²) < 4.78 is 5.10. The second kappa shape index (κ2) is 10.5. The number of hydrogen-bond donors (Lipinski definition) is 2. The third kappa shape index (κ3) is 5.90. The number of carbonyl (C=O) groups excluding carboxylic acids is 3. The maximum absolute atomic E-state index is 13.3. The number of carbonyl (C=O) groups is 3. The zero-order valence-electron chi connectivity index (χ0n) is 20.7. The molecule has 2 N–H and O–H groups in total. The van der Waals surface area contributed by atoms with E-state index in [1.165, 1.54) is 18.4 Å². The Morgan fingerprint density at radius 1 is 1.14 bits per heavy atom. The lowest BCUT2D eigenvalue weighted by Crippen LogP contribution is -2.55. The van der Waals surface area contributed by atoms with Crippen LogP contribution in [0.4, 0.5) is 0 Å². The summed E-state index contributed by atoms with van der Waals surface area (Å²) in [5.74, 6) is -1.05. The number of nitrogens with zero attached hydrogens (tertiary/aromatic N) is 2. The number of methoxy groups -OCH3 is 1. The predicted molar refractivity (Wildman–Crippen MR) is 135 cm³/mol. The molecule has 9 heteroatoms. The fourth-order valence-electron chi connectivity index (χ4n) is 5.18. The van der Waals surface area contributed by atoms with Gasteiger partial charge in [-0.05, 0) is 70.7 Å². The highest BCUT2D eigenvalue weighted by molar-refractivity contribution is 7.17. The molecule has 1 saturated carbocycles. The second-order valence-electron chi connectivity index (χ2n) is 10.3. The van der Waals surface area contributed by atoms with E-state index in [0.29, 0.717) is 24.3 Å². The number of pyridine rings is 1. The monoisotopic (exact) mass is 498 g/mol. The highest BCUT2D eigenvalue weighted by Gasteiger charge is 2.45. The maximum Gasteiger partial charge on any atom is 0.310 e. The molecule has 2 amide bonds. The van der Waals surface area contributed by atoms with Gasteiger partial charge < -0.3 is 20.3 Å². The first kappa shape index (κ1) is 25.3.